The number of nitrogens with one attached hydrogen (secondary N) is 2. The molecule has 3 amide bonds. The SMILES string of the molecule is CNC(=O)NC(=O)[C@H](C)Sc1nnnn1C1CCCCC1. The number of urea groups is 1. The Kier molecular flexibility index (Phi) is 5.54. The van der Waals surface area contributed by atoms with Crippen molar-refractivity contribution in [2.24, 2.45) is 0 Å². The van der Waals surface area contributed by atoms with Crippen molar-refractivity contribution in [1.82, 2.24) is 30.8 Å². The van der Waals surface area contributed by atoms with E-state index in [1.807, 2.05) is 4.68 Å². The normalized spacial score (nSPS) is 17.2. The first-order chi connectivity index (χ1) is 10.1. The van der Waals surface area contributed by atoms with Gasteiger partial charge in [0.1, 0.15) is 0 Å². The van der Waals surface area contributed by atoms with Crippen molar-refractivity contribution in [3.63, 3.8) is 0 Å². The van der Waals surface area contributed by atoms with Gasteiger partial charge in [0.05, 0.1) is 11.3 Å². The van der Waals surface area contributed by atoms with Crippen LogP contribution in [-0.2, 0) is 4.79 Å². The van der Waals surface area contributed by atoms with Gasteiger partial charge in [-0.25, -0.2) is 9.48 Å². The van der Waals surface area contributed by atoms with Gasteiger partial charge in [-0.2, -0.15) is 0 Å². The van der Waals surface area contributed by atoms with Crippen molar-refractivity contribution in [3.8, 4) is 0 Å². The van der Waals surface area contributed by atoms with Crippen molar-refractivity contribution < 1.29 is 9.59 Å². The summed E-state index contributed by atoms with van der Waals surface area (Å²) in [4.78, 5) is 23.0. The van der Waals surface area contributed by atoms with Crippen molar-refractivity contribution in [3.05, 3.63) is 0 Å². The number of amides is 3. The van der Waals surface area contributed by atoms with E-state index in [1.54, 1.807) is 6.92 Å². The van der Waals surface area contributed by atoms with E-state index in [9.17, 15) is 9.59 Å². The molecular weight excluding hydrogens is 292 g/mol. The summed E-state index contributed by atoms with van der Waals surface area (Å²) in [7, 11) is 1.46. The van der Waals surface area contributed by atoms with E-state index in [4.69, 9.17) is 0 Å². The van der Waals surface area contributed by atoms with Crippen molar-refractivity contribution >= 4 is 23.7 Å². The molecule has 1 aliphatic rings. The summed E-state index contributed by atoms with van der Waals surface area (Å²) in [6.07, 6.45) is 5.75. The third-order valence-electron chi connectivity index (χ3n) is 3.50. The molecule has 1 saturated carbocycles. The molecule has 1 fully saturated rings. The zero-order valence-corrected chi connectivity index (χ0v) is 13.0. The molecule has 116 valence electrons. The molecule has 21 heavy (non-hydrogen) atoms. The lowest BCUT2D eigenvalue weighted by atomic mass is 9.96. The van der Waals surface area contributed by atoms with Crippen LogP contribution >= 0.6 is 11.8 Å². The molecule has 0 saturated heterocycles. The van der Waals surface area contributed by atoms with Crippen molar-refractivity contribution in [2.75, 3.05) is 7.05 Å². The number of aromatic nitrogens is 4. The van der Waals surface area contributed by atoms with E-state index in [-0.39, 0.29) is 5.91 Å². The zero-order chi connectivity index (χ0) is 15.2. The molecule has 0 spiro atoms. The fourth-order valence-electron chi connectivity index (χ4n) is 2.31. The number of tetrazole rings is 1. The van der Waals surface area contributed by atoms with Crippen LogP contribution in [0.1, 0.15) is 45.1 Å². The first kappa shape index (κ1) is 15.7. The second-order valence-corrected chi connectivity index (χ2v) is 6.33. The number of nitrogens with zero attached hydrogens (tertiary/aromatic N) is 4. The minimum Gasteiger partial charge on any atom is -0.341 e. The predicted octanol–water partition coefficient (Wildman–Crippen LogP) is 1.11. The molecule has 1 aromatic heterocycles. The van der Waals surface area contributed by atoms with Crippen LogP contribution in [0, 0.1) is 0 Å². The molecule has 2 N–H and O–H groups in total. The Labute approximate surface area is 127 Å². The molecule has 1 atom stereocenters. The van der Waals surface area contributed by atoms with Gasteiger partial charge in [-0.3, -0.25) is 10.1 Å². The Morgan fingerprint density at radius 2 is 2.05 bits per heavy atom. The van der Waals surface area contributed by atoms with Crippen LogP contribution in [0.25, 0.3) is 0 Å². The fourth-order valence-corrected chi connectivity index (χ4v) is 3.16. The molecule has 1 aliphatic carbocycles. The quantitative estimate of drug-likeness (QED) is 0.808. The Balaban J connectivity index is 1.97. The van der Waals surface area contributed by atoms with Crippen LogP contribution in [0.3, 0.4) is 0 Å². The Bertz CT molecular complexity index is 500. The van der Waals surface area contributed by atoms with Gasteiger partial charge < -0.3 is 5.32 Å². The lowest BCUT2D eigenvalue weighted by Gasteiger charge is -2.22. The number of carbonyl (C=O) groups excluding carboxylic acids is 2. The maximum Gasteiger partial charge on any atom is 0.321 e. The largest absolute Gasteiger partial charge is 0.341 e. The maximum atomic E-state index is 11.9. The van der Waals surface area contributed by atoms with E-state index < -0.39 is 11.3 Å². The number of thioether (sulfide) groups is 1. The van der Waals surface area contributed by atoms with E-state index in [0.717, 1.165) is 12.8 Å². The minimum absolute atomic E-state index is 0.311. The third kappa shape index (κ3) is 4.16. The van der Waals surface area contributed by atoms with E-state index in [1.165, 1.54) is 38.1 Å². The van der Waals surface area contributed by atoms with Gasteiger partial charge in [0.2, 0.25) is 11.1 Å². The molecule has 9 heteroatoms. The summed E-state index contributed by atoms with van der Waals surface area (Å²) in [6, 6.07) is -0.204. The van der Waals surface area contributed by atoms with Crippen LogP contribution in [0.4, 0.5) is 4.79 Å². The second kappa shape index (κ2) is 7.39. The first-order valence-electron chi connectivity index (χ1n) is 7.09. The first-order valence-corrected chi connectivity index (χ1v) is 7.97. The van der Waals surface area contributed by atoms with Gasteiger partial charge in [-0.1, -0.05) is 31.0 Å². The third-order valence-corrected chi connectivity index (χ3v) is 4.55. The molecule has 0 aliphatic heterocycles. The molecule has 0 bridgehead atoms. The molecule has 1 aromatic rings. The Morgan fingerprint density at radius 3 is 2.71 bits per heavy atom. The molecule has 8 nitrogen and oxygen atoms in total. The van der Waals surface area contributed by atoms with E-state index in [2.05, 4.69) is 26.2 Å². The van der Waals surface area contributed by atoms with E-state index in [0.29, 0.717) is 11.2 Å². The van der Waals surface area contributed by atoms with Gasteiger partial charge in [0, 0.05) is 7.05 Å². The van der Waals surface area contributed by atoms with E-state index >= 15 is 0 Å². The summed E-state index contributed by atoms with van der Waals surface area (Å²) in [5, 5.41) is 16.5. The molecule has 1 heterocycles. The summed E-state index contributed by atoms with van der Waals surface area (Å²) in [6.45, 7) is 1.73. The standard InChI is InChI=1S/C12H20N6O2S/c1-8(10(19)14-11(20)13-2)21-12-15-16-17-18(12)9-6-4-3-5-7-9/h8-9H,3-7H2,1-2H3,(H2,13,14,19,20)/t8-/m0/s1. The van der Waals surface area contributed by atoms with Gasteiger partial charge >= 0.3 is 6.03 Å². The monoisotopic (exact) mass is 312 g/mol. The Morgan fingerprint density at radius 1 is 1.33 bits per heavy atom. The van der Waals surface area contributed by atoms with Crippen LogP contribution in [0.15, 0.2) is 5.16 Å². The van der Waals surface area contributed by atoms with Crippen molar-refractivity contribution in [1.29, 1.82) is 0 Å². The van der Waals surface area contributed by atoms with Gasteiger partial charge in [0.25, 0.3) is 0 Å². The molecule has 0 aromatic carbocycles. The van der Waals surface area contributed by atoms with Crippen LogP contribution in [-0.4, -0.2) is 44.4 Å². The highest BCUT2D eigenvalue weighted by atomic mass is 32.2. The van der Waals surface area contributed by atoms with Crippen molar-refractivity contribution in [2.45, 2.75) is 55.5 Å². The molecule has 0 radical (unpaired) electrons. The minimum atomic E-state index is -0.515. The number of imide groups is 1. The lowest BCUT2D eigenvalue weighted by molar-refractivity contribution is -0.119. The predicted molar refractivity (Wildman–Crippen MR) is 77.9 cm³/mol. The topological polar surface area (TPSA) is 102 Å². The highest BCUT2D eigenvalue weighted by Gasteiger charge is 2.24. The number of rotatable bonds is 4. The molecular formula is C12H20N6O2S. The smallest absolute Gasteiger partial charge is 0.321 e. The summed E-state index contributed by atoms with van der Waals surface area (Å²) in [5.41, 5.74) is 0. The van der Waals surface area contributed by atoms with Crippen LogP contribution < -0.4 is 10.6 Å². The number of hydrogen-bond donors (Lipinski definition) is 2. The Hall–Kier alpha value is -1.64. The summed E-state index contributed by atoms with van der Waals surface area (Å²) >= 11 is 1.27. The van der Waals surface area contributed by atoms with Gasteiger partial charge in [-0.15, -0.1) is 5.10 Å². The fraction of sp³-hybridized carbons (Fsp3) is 0.750. The second-order valence-electron chi connectivity index (χ2n) is 5.03. The van der Waals surface area contributed by atoms with Crippen LogP contribution in [0.5, 0.6) is 0 Å². The number of hydrogen-bond acceptors (Lipinski definition) is 6. The summed E-state index contributed by atoms with van der Waals surface area (Å²) < 4.78 is 1.81. The average Bonchev–Trinajstić information content (AvgIpc) is 2.96. The van der Waals surface area contributed by atoms with Crippen LogP contribution in [0.2, 0.25) is 0 Å². The maximum absolute atomic E-state index is 11.9. The van der Waals surface area contributed by atoms with Gasteiger partial charge in [0.15, 0.2) is 0 Å². The highest BCUT2D eigenvalue weighted by Crippen LogP contribution is 2.31. The summed E-state index contributed by atoms with van der Waals surface area (Å²) in [5.74, 6) is -0.363. The molecule has 0 unspecified atom stereocenters. The highest BCUT2D eigenvalue weighted by molar-refractivity contribution is 8.00. The molecule has 2 rings (SSSR count). The number of carbonyl (C=O) groups is 2. The van der Waals surface area contributed by atoms with Gasteiger partial charge in [-0.05, 0) is 30.2 Å². The lowest BCUT2D eigenvalue weighted by Crippen LogP contribution is -2.41. The average molecular weight is 312 g/mol. The zero-order valence-electron chi connectivity index (χ0n) is 12.2.